The van der Waals surface area contributed by atoms with Crippen molar-refractivity contribution in [2.45, 2.75) is 182 Å². The topological polar surface area (TPSA) is 119 Å². The molecule has 0 saturated carbocycles. The molecule has 0 aromatic rings. The number of carboxylic acid groups (broad SMARTS) is 2. The zero-order chi connectivity index (χ0) is 30.3. The van der Waals surface area contributed by atoms with Gasteiger partial charge in [-0.3, -0.25) is 14.4 Å². The Morgan fingerprint density at radius 2 is 0.900 bits per heavy atom. The summed E-state index contributed by atoms with van der Waals surface area (Å²) in [5.41, 5.74) is 0. The summed E-state index contributed by atoms with van der Waals surface area (Å²) < 4.78 is 15.8. The number of aliphatic carboxylic acids is 2. The highest BCUT2D eigenvalue weighted by atomic mass is 16.8. The normalized spacial score (nSPS) is 12.3. The molecule has 0 saturated heterocycles. The highest BCUT2D eigenvalue weighted by Gasteiger charge is 2.13. The summed E-state index contributed by atoms with van der Waals surface area (Å²) in [5.74, 6) is -1.89. The van der Waals surface area contributed by atoms with Gasteiger partial charge in [0.25, 0.3) is 0 Å². The molecule has 0 spiro atoms. The van der Waals surface area contributed by atoms with Crippen molar-refractivity contribution in [2.24, 2.45) is 0 Å². The van der Waals surface area contributed by atoms with Crippen molar-refractivity contribution in [3.05, 3.63) is 0 Å². The summed E-state index contributed by atoms with van der Waals surface area (Å²) in [7, 11) is 0. The summed E-state index contributed by atoms with van der Waals surface area (Å²) in [6, 6.07) is 0. The summed E-state index contributed by atoms with van der Waals surface area (Å²) in [4.78, 5) is 32.1. The maximum absolute atomic E-state index is 11.4. The lowest BCUT2D eigenvalue weighted by molar-refractivity contribution is -0.229. The molecule has 0 aliphatic rings. The molecule has 0 radical (unpaired) electrons. The Bertz CT molecular complexity index is 581. The smallest absolute Gasteiger partial charge is 0.308 e. The average Bonchev–Trinajstić information content (AvgIpc) is 2.89. The molecule has 0 aliphatic heterocycles. The summed E-state index contributed by atoms with van der Waals surface area (Å²) in [6.07, 6.45) is 22.4. The zero-order valence-electron chi connectivity index (χ0n) is 26.3. The Balaban J connectivity index is 0. The molecule has 0 bridgehead atoms. The van der Waals surface area contributed by atoms with Crippen LogP contribution in [0.25, 0.3) is 0 Å². The quantitative estimate of drug-likeness (QED) is 0.0539. The molecular weight excluding hydrogens is 512 g/mol. The molecule has 0 fully saturated rings. The van der Waals surface area contributed by atoms with Crippen LogP contribution in [-0.4, -0.2) is 47.3 Å². The molecule has 0 aromatic heterocycles. The highest BCUT2D eigenvalue weighted by Crippen LogP contribution is 2.13. The van der Waals surface area contributed by atoms with Crippen molar-refractivity contribution in [1.82, 2.24) is 0 Å². The average molecular weight is 575 g/mol. The van der Waals surface area contributed by atoms with E-state index in [9.17, 15) is 14.4 Å². The Kier molecular flexibility index (Phi) is 32.2. The van der Waals surface area contributed by atoms with Crippen LogP contribution >= 0.6 is 0 Å². The number of ether oxygens (including phenoxy) is 3. The third-order valence-electron chi connectivity index (χ3n) is 6.55. The third-order valence-corrected chi connectivity index (χ3v) is 6.55. The molecule has 40 heavy (non-hydrogen) atoms. The van der Waals surface area contributed by atoms with Crippen molar-refractivity contribution >= 4 is 17.9 Å². The molecule has 8 heteroatoms. The van der Waals surface area contributed by atoms with Gasteiger partial charge in [0.2, 0.25) is 6.29 Å². The van der Waals surface area contributed by atoms with Crippen molar-refractivity contribution < 1.29 is 38.8 Å². The monoisotopic (exact) mass is 574 g/mol. The van der Waals surface area contributed by atoms with Gasteiger partial charge in [-0.2, -0.15) is 0 Å². The second-order valence-electron chi connectivity index (χ2n) is 10.7. The number of rotatable bonds is 28. The fraction of sp³-hybridized carbons (Fsp3) is 0.906. The zero-order valence-corrected chi connectivity index (χ0v) is 26.3. The van der Waals surface area contributed by atoms with E-state index in [1.165, 1.54) is 83.5 Å². The lowest BCUT2D eigenvalue weighted by Crippen LogP contribution is -2.25. The minimum absolute atomic E-state index is 0.0711. The molecule has 2 atom stereocenters. The Morgan fingerprint density at radius 1 is 0.525 bits per heavy atom. The number of hydrogen-bond acceptors (Lipinski definition) is 6. The Labute approximate surface area is 244 Å². The molecular formula is C32H62O8. The van der Waals surface area contributed by atoms with Crippen molar-refractivity contribution in [2.75, 3.05) is 6.61 Å². The van der Waals surface area contributed by atoms with Crippen LogP contribution in [0.1, 0.15) is 169 Å². The standard InChI is InChI=1S/C18H36O2.C14H26O6/c1-2-3-4-5-6-7-8-9-10-11-12-13-14-15-16-17-18(19)20;1-4-5-10-18-11(2)19-12(3)20-14(17)9-7-6-8-13(15)16/h2-17H2,1H3,(H,19,20);11-12H,4-10H2,1-3H3,(H,15,16). The lowest BCUT2D eigenvalue weighted by Gasteiger charge is -2.19. The van der Waals surface area contributed by atoms with Gasteiger partial charge in [0.1, 0.15) is 0 Å². The first kappa shape index (κ1) is 40.5. The molecule has 0 aromatic carbocycles. The number of esters is 1. The minimum atomic E-state index is -0.854. The van der Waals surface area contributed by atoms with Crippen LogP contribution in [0.2, 0.25) is 0 Å². The van der Waals surface area contributed by atoms with Crippen LogP contribution in [0.15, 0.2) is 0 Å². The maximum Gasteiger partial charge on any atom is 0.308 e. The van der Waals surface area contributed by atoms with E-state index in [0.717, 1.165) is 25.7 Å². The van der Waals surface area contributed by atoms with Crippen LogP contribution in [0.4, 0.5) is 0 Å². The van der Waals surface area contributed by atoms with Gasteiger partial charge in [0, 0.05) is 25.9 Å². The van der Waals surface area contributed by atoms with E-state index >= 15 is 0 Å². The molecule has 0 heterocycles. The number of carbonyl (C=O) groups excluding carboxylic acids is 1. The van der Waals surface area contributed by atoms with Gasteiger partial charge in [0.15, 0.2) is 6.29 Å². The molecule has 2 unspecified atom stereocenters. The predicted molar refractivity (Wildman–Crippen MR) is 160 cm³/mol. The first-order valence-corrected chi connectivity index (χ1v) is 16.1. The van der Waals surface area contributed by atoms with Crippen LogP contribution in [-0.2, 0) is 28.6 Å². The van der Waals surface area contributed by atoms with Crippen molar-refractivity contribution in [3.63, 3.8) is 0 Å². The predicted octanol–water partition coefficient (Wildman–Crippen LogP) is 9.03. The first-order chi connectivity index (χ1) is 19.2. The summed E-state index contributed by atoms with van der Waals surface area (Å²) >= 11 is 0. The summed E-state index contributed by atoms with van der Waals surface area (Å²) in [6.45, 7) is 8.35. The highest BCUT2D eigenvalue weighted by molar-refractivity contribution is 5.69. The van der Waals surface area contributed by atoms with E-state index in [-0.39, 0.29) is 18.8 Å². The number of carboxylic acids is 2. The largest absolute Gasteiger partial charge is 0.481 e. The molecule has 238 valence electrons. The summed E-state index contributed by atoms with van der Waals surface area (Å²) in [5, 5.41) is 17.0. The van der Waals surface area contributed by atoms with Gasteiger partial charge in [-0.25, -0.2) is 0 Å². The van der Waals surface area contributed by atoms with Crippen LogP contribution in [0, 0.1) is 0 Å². The van der Waals surface area contributed by atoms with Crippen LogP contribution in [0.5, 0.6) is 0 Å². The Hall–Kier alpha value is -1.67. The van der Waals surface area contributed by atoms with E-state index < -0.39 is 24.5 Å². The molecule has 0 aliphatic carbocycles. The van der Waals surface area contributed by atoms with Gasteiger partial charge < -0.3 is 24.4 Å². The second kappa shape index (κ2) is 31.9. The molecule has 0 rings (SSSR count). The SMILES string of the molecule is CCCCCCCCCCCCCCCCCC(=O)O.CCCCOC(C)OC(C)OC(=O)CCCCC(=O)O. The lowest BCUT2D eigenvalue weighted by atomic mass is 10.0. The van der Waals surface area contributed by atoms with Gasteiger partial charge in [-0.15, -0.1) is 0 Å². The first-order valence-electron chi connectivity index (χ1n) is 16.1. The number of carbonyl (C=O) groups is 3. The maximum atomic E-state index is 11.4. The van der Waals surface area contributed by atoms with E-state index in [0.29, 0.717) is 25.9 Å². The molecule has 0 amide bonds. The fourth-order valence-electron chi connectivity index (χ4n) is 4.17. The van der Waals surface area contributed by atoms with Gasteiger partial charge in [-0.1, -0.05) is 110 Å². The van der Waals surface area contributed by atoms with Gasteiger partial charge in [-0.05, 0) is 39.5 Å². The number of hydrogen-bond donors (Lipinski definition) is 2. The fourth-order valence-corrected chi connectivity index (χ4v) is 4.17. The van der Waals surface area contributed by atoms with Gasteiger partial charge >= 0.3 is 17.9 Å². The van der Waals surface area contributed by atoms with E-state index in [2.05, 4.69) is 13.8 Å². The van der Waals surface area contributed by atoms with Gasteiger partial charge in [0.05, 0.1) is 0 Å². The van der Waals surface area contributed by atoms with Crippen LogP contribution in [0.3, 0.4) is 0 Å². The van der Waals surface area contributed by atoms with E-state index in [1.807, 2.05) is 0 Å². The van der Waals surface area contributed by atoms with Crippen molar-refractivity contribution in [1.29, 1.82) is 0 Å². The van der Waals surface area contributed by atoms with Crippen LogP contribution < -0.4 is 0 Å². The Morgan fingerprint density at radius 3 is 1.32 bits per heavy atom. The second-order valence-corrected chi connectivity index (χ2v) is 10.7. The van der Waals surface area contributed by atoms with Crippen molar-refractivity contribution in [3.8, 4) is 0 Å². The number of unbranched alkanes of at least 4 members (excludes halogenated alkanes) is 16. The minimum Gasteiger partial charge on any atom is -0.481 e. The molecule has 8 nitrogen and oxygen atoms in total. The molecule has 2 N–H and O–H groups in total. The van der Waals surface area contributed by atoms with E-state index in [4.69, 9.17) is 24.4 Å². The van der Waals surface area contributed by atoms with E-state index in [1.54, 1.807) is 13.8 Å². The third kappa shape index (κ3) is 36.3.